The number of hydrogen-bond donors (Lipinski definition) is 1. The van der Waals surface area contributed by atoms with Gasteiger partial charge in [-0.1, -0.05) is 12.5 Å². The Morgan fingerprint density at radius 3 is 2.70 bits per heavy atom. The van der Waals surface area contributed by atoms with Gasteiger partial charge in [0.1, 0.15) is 0 Å². The molecule has 1 saturated carbocycles. The summed E-state index contributed by atoms with van der Waals surface area (Å²) in [5, 5.41) is 11.1. The fourth-order valence-electron chi connectivity index (χ4n) is 2.84. The van der Waals surface area contributed by atoms with E-state index >= 15 is 0 Å². The van der Waals surface area contributed by atoms with Crippen molar-refractivity contribution >= 4 is 23.2 Å². The van der Waals surface area contributed by atoms with Crippen LogP contribution < -0.4 is 0 Å². The maximum absolute atomic E-state index is 12.5. The molecular weight excluding hydrogens is 274 g/mol. The van der Waals surface area contributed by atoms with Gasteiger partial charge in [-0.05, 0) is 37.6 Å². The highest BCUT2D eigenvalue weighted by Gasteiger charge is 2.33. The molecule has 1 aromatic rings. The maximum atomic E-state index is 12.5. The van der Waals surface area contributed by atoms with E-state index in [4.69, 9.17) is 5.11 Å². The molecule has 0 spiro atoms. The summed E-state index contributed by atoms with van der Waals surface area (Å²) in [6.07, 6.45) is 2.82. The topological polar surface area (TPSA) is 57.6 Å². The second-order valence-corrected chi connectivity index (χ2v) is 6.52. The fourth-order valence-corrected chi connectivity index (χ4v) is 3.66. The summed E-state index contributed by atoms with van der Waals surface area (Å²) >= 11 is 1.64. The lowest BCUT2D eigenvalue weighted by Gasteiger charge is -2.32. The third-order valence-electron chi connectivity index (χ3n) is 4.26. The van der Waals surface area contributed by atoms with Crippen LogP contribution in [-0.4, -0.2) is 28.9 Å². The van der Waals surface area contributed by atoms with Crippen LogP contribution in [0.1, 0.15) is 43.5 Å². The predicted molar refractivity (Wildman–Crippen MR) is 78.6 cm³/mol. The van der Waals surface area contributed by atoms with Gasteiger partial charge in [0.2, 0.25) is 5.91 Å². The van der Waals surface area contributed by atoms with Gasteiger partial charge in [-0.15, -0.1) is 11.3 Å². The van der Waals surface area contributed by atoms with Crippen molar-refractivity contribution in [2.24, 2.45) is 11.8 Å². The van der Waals surface area contributed by atoms with Gasteiger partial charge in [0.15, 0.2) is 0 Å². The van der Waals surface area contributed by atoms with E-state index in [0.29, 0.717) is 12.8 Å². The molecule has 0 aromatic carbocycles. The van der Waals surface area contributed by atoms with Crippen molar-refractivity contribution < 1.29 is 14.7 Å². The number of hydrogen-bond acceptors (Lipinski definition) is 3. The van der Waals surface area contributed by atoms with Gasteiger partial charge in [-0.25, -0.2) is 0 Å². The average molecular weight is 295 g/mol. The summed E-state index contributed by atoms with van der Waals surface area (Å²) in [5.41, 5.74) is 0. The van der Waals surface area contributed by atoms with Crippen LogP contribution in [0.15, 0.2) is 17.5 Å². The Morgan fingerprint density at radius 2 is 2.10 bits per heavy atom. The predicted octanol–water partition coefficient (Wildman–Crippen LogP) is 3.16. The van der Waals surface area contributed by atoms with Gasteiger partial charge < -0.3 is 10.0 Å². The Kier molecular flexibility index (Phi) is 4.81. The minimum absolute atomic E-state index is 0.0488. The molecule has 0 aliphatic heterocycles. The Bertz CT molecular complexity index is 471. The van der Waals surface area contributed by atoms with Gasteiger partial charge in [0, 0.05) is 17.8 Å². The van der Waals surface area contributed by atoms with Gasteiger partial charge >= 0.3 is 5.97 Å². The lowest BCUT2D eigenvalue weighted by molar-refractivity contribution is -0.145. The van der Waals surface area contributed by atoms with E-state index in [0.717, 1.165) is 17.7 Å². The van der Waals surface area contributed by atoms with E-state index in [-0.39, 0.29) is 23.8 Å². The number of amides is 1. The zero-order valence-corrected chi connectivity index (χ0v) is 12.7. The number of thiophene rings is 1. The number of carbonyl (C=O) groups is 2. The van der Waals surface area contributed by atoms with Crippen molar-refractivity contribution in [2.45, 2.75) is 38.6 Å². The summed E-state index contributed by atoms with van der Waals surface area (Å²) in [6.45, 7) is 2.02. The molecule has 3 atom stereocenters. The first-order chi connectivity index (χ1) is 9.50. The summed E-state index contributed by atoms with van der Waals surface area (Å²) in [7, 11) is 1.82. The molecule has 5 heteroatoms. The number of carbonyl (C=O) groups excluding carboxylic acids is 1. The molecular formula is C15H21NO3S. The molecule has 1 aliphatic carbocycles. The molecule has 1 N–H and O–H groups in total. The Morgan fingerprint density at radius 1 is 1.40 bits per heavy atom. The van der Waals surface area contributed by atoms with Crippen LogP contribution in [-0.2, 0) is 9.59 Å². The van der Waals surface area contributed by atoms with Crippen LogP contribution in [0.3, 0.4) is 0 Å². The zero-order chi connectivity index (χ0) is 14.7. The molecule has 1 heterocycles. The summed E-state index contributed by atoms with van der Waals surface area (Å²) in [5.74, 6) is -1.19. The van der Waals surface area contributed by atoms with E-state index < -0.39 is 5.97 Å². The molecule has 4 nitrogen and oxygen atoms in total. The first-order valence-electron chi connectivity index (χ1n) is 7.03. The summed E-state index contributed by atoms with van der Waals surface area (Å²) < 4.78 is 0. The molecule has 0 unspecified atom stereocenters. The second kappa shape index (κ2) is 6.39. The van der Waals surface area contributed by atoms with Crippen molar-refractivity contribution in [3.8, 4) is 0 Å². The maximum Gasteiger partial charge on any atom is 0.306 e. The average Bonchev–Trinajstić information content (AvgIpc) is 2.99. The van der Waals surface area contributed by atoms with Crippen LogP contribution in [0, 0.1) is 11.8 Å². The zero-order valence-electron chi connectivity index (χ0n) is 11.9. The summed E-state index contributed by atoms with van der Waals surface area (Å²) in [6, 6.07) is 4.06. The molecule has 0 radical (unpaired) electrons. The van der Waals surface area contributed by atoms with Crippen molar-refractivity contribution in [1.29, 1.82) is 0 Å². The SMILES string of the molecule is C[C@H](c1cccs1)N(C)C(=O)[C@@H]1CCC[C@H](C(=O)O)C1. The largest absolute Gasteiger partial charge is 0.481 e. The third-order valence-corrected chi connectivity index (χ3v) is 5.30. The highest BCUT2D eigenvalue weighted by Crippen LogP contribution is 2.32. The first kappa shape index (κ1) is 15.0. The molecule has 1 aromatic heterocycles. The second-order valence-electron chi connectivity index (χ2n) is 5.54. The van der Waals surface area contributed by atoms with E-state index in [2.05, 4.69) is 0 Å². The molecule has 2 rings (SSSR count). The quantitative estimate of drug-likeness (QED) is 0.928. The third kappa shape index (κ3) is 3.20. The van der Waals surface area contributed by atoms with E-state index in [1.165, 1.54) is 0 Å². The number of carboxylic acids is 1. The van der Waals surface area contributed by atoms with Crippen molar-refractivity contribution in [2.75, 3.05) is 7.05 Å². The Labute approximate surface area is 123 Å². The molecule has 1 aliphatic rings. The number of aliphatic carboxylic acids is 1. The van der Waals surface area contributed by atoms with Crippen molar-refractivity contribution in [1.82, 2.24) is 4.90 Å². The smallest absolute Gasteiger partial charge is 0.306 e. The Balaban J connectivity index is 2.01. The van der Waals surface area contributed by atoms with E-state index in [9.17, 15) is 9.59 Å². The number of carboxylic acid groups (broad SMARTS) is 1. The van der Waals surface area contributed by atoms with Gasteiger partial charge in [0.25, 0.3) is 0 Å². The molecule has 0 bridgehead atoms. The highest BCUT2D eigenvalue weighted by atomic mass is 32.1. The lowest BCUT2D eigenvalue weighted by Crippen LogP contribution is -2.38. The van der Waals surface area contributed by atoms with Crippen molar-refractivity contribution in [3.63, 3.8) is 0 Å². The van der Waals surface area contributed by atoms with E-state index in [1.807, 2.05) is 31.5 Å². The molecule has 1 amide bonds. The minimum Gasteiger partial charge on any atom is -0.481 e. The molecule has 110 valence electrons. The summed E-state index contributed by atoms with van der Waals surface area (Å²) in [4.78, 5) is 26.6. The van der Waals surface area contributed by atoms with Gasteiger partial charge in [0.05, 0.1) is 12.0 Å². The van der Waals surface area contributed by atoms with Crippen LogP contribution >= 0.6 is 11.3 Å². The van der Waals surface area contributed by atoms with Crippen LogP contribution in [0.2, 0.25) is 0 Å². The minimum atomic E-state index is -0.767. The number of rotatable bonds is 4. The van der Waals surface area contributed by atoms with Crippen LogP contribution in [0.5, 0.6) is 0 Å². The van der Waals surface area contributed by atoms with Crippen LogP contribution in [0.25, 0.3) is 0 Å². The standard InChI is InChI=1S/C15H21NO3S/c1-10(13-7-4-8-20-13)16(2)14(17)11-5-3-6-12(9-11)15(18)19/h4,7-8,10-12H,3,5-6,9H2,1-2H3,(H,18,19)/t10-,11-,12+/m1/s1. The molecule has 1 fully saturated rings. The normalized spacial score (nSPS) is 24.1. The van der Waals surface area contributed by atoms with Crippen molar-refractivity contribution in [3.05, 3.63) is 22.4 Å². The monoisotopic (exact) mass is 295 g/mol. The van der Waals surface area contributed by atoms with Gasteiger partial charge in [-0.2, -0.15) is 0 Å². The Hall–Kier alpha value is -1.36. The van der Waals surface area contributed by atoms with E-state index in [1.54, 1.807) is 16.2 Å². The number of nitrogens with zero attached hydrogens (tertiary/aromatic N) is 1. The lowest BCUT2D eigenvalue weighted by atomic mass is 9.80. The molecule has 20 heavy (non-hydrogen) atoms. The highest BCUT2D eigenvalue weighted by molar-refractivity contribution is 7.10. The van der Waals surface area contributed by atoms with Gasteiger partial charge in [-0.3, -0.25) is 9.59 Å². The molecule has 0 saturated heterocycles. The first-order valence-corrected chi connectivity index (χ1v) is 7.91. The fraction of sp³-hybridized carbons (Fsp3) is 0.600. The van der Waals surface area contributed by atoms with Crippen LogP contribution in [0.4, 0.5) is 0 Å².